The van der Waals surface area contributed by atoms with E-state index in [1.54, 1.807) is 25.1 Å². The minimum atomic E-state index is -2.31. The van der Waals surface area contributed by atoms with Crippen molar-refractivity contribution in [2.75, 3.05) is 0 Å². The van der Waals surface area contributed by atoms with Gasteiger partial charge in [0.1, 0.15) is 0 Å². The minimum Gasteiger partial charge on any atom is -0.479 e. The summed E-state index contributed by atoms with van der Waals surface area (Å²) in [7, 11) is 0. The van der Waals surface area contributed by atoms with E-state index in [4.69, 9.17) is 15.5 Å². The molecule has 0 aliphatic carbocycles. The molecule has 0 aliphatic rings. The van der Waals surface area contributed by atoms with Gasteiger partial charge < -0.3 is 20.6 Å². The van der Waals surface area contributed by atoms with Gasteiger partial charge in [0.25, 0.3) is 5.91 Å². The second-order valence-corrected chi connectivity index (χ2v) is 6.67. The Labute approximate surface area is 188 Å². The molecule has 1 unspecified atom stereocenters. The van der Waals surface area contributed by atoms with Gasteiger partial charge in [-0.15, -0.1) is 0 Å². The van der Waals surface area contributed by atoms with Crippen LogP contribution in [0.15, 0.2) is 54.6 Å². The second kappa shape index (κ2) is 12.6. The lowest BCUT2D eigenvalue weighted by Gasteiger charge is -2.26. The number of carbonyl (C=O) groups is 5. The van der Waals surface area contributed by atoms with Gasteiger partial charge in [0.05, 0.1) is 11.1 Å². The standard InChI is InChI=1S/C14H17NO6.C8H6O4/c1-2-3-9-14(12(17)18,13(19)21-20)15-11(16)10-7-5-4-6-8-10;9-7(10)5-3-1-2-4-6(5)8(11)12/h4-8,20H,2-3,9H2,1H3,(H,15,16)(H,17,18);1-4H,(H,9,10)(H,11,12). The van der Waals surface area contributed by atoms with Crippen LogP contribution in [0, 0.1) is 0 Å². The van der Waals surface area contributed by atoms with Crippen LogP contribution >= 0.6 is 0 Å². The molecular weight excluding hydrogens is 438 g/mol. The lowest BCUT2D eigenvalue weighted by Crippen LogP contribution is -2.60. The summed E-state index contributed by atoms with van der Waals surface area (Å²) in [5.41, 5.74) is -2.49. The van der Waals surface area contributed by atoms with Crippen LogP contribution in [0.5, 0.6) is 0 Å². The third-order valence-electron chi connectivity index (χ3n) is 4.45. The van der Waals surface area contributed by atoms with Crippen molar-refractivity contribution in [3.63, 3.8) is 0 Å². The normalized spacial score (nSPS) is 11.7. The molecule has 11 heteroatoms. The summed E-state index contributed by atoms with van der Waals surface area (Å²) in [6, 6.07) is 13.3. The van der Waals surface area contributed by atoms with Crippen LogP contribution in [0.3, 0.4) is 0 Å². The molecule has 33 heavy (non-hydrogen) atoms. The molecule has 0 radical (unpaired) electrons. The molecule has 2 rings (SSSR count). The third-order valence-corrected chi connectivity index (χ3v) is 4.45. The van der Waals surface area contributed by atoms with E-state index in [9.17, 15) is 29.1 Å². The first-order valence-corrected chi connectivity index (χ1v) is 9.63. The number of carboxylic acid groups (broad SMARTS) is 3. The van der Waals surface area contributed by atoms with Crippen LogP contribution in [0.1, 0.15) is 57.3 Å². The smallest absolute Gasteiger partial charge is 0.378 e. The van der Waals surface area contributed by atoms with Crippen molar-refractivity contribution >= 4 is 29.8 Å². The Morgan fingerprint density at radius 3 is 1.73 bits per heavy atom. The van der Waals surface area contributed by atoms with Gasteiger partial charge in [0, 0.05) is 5.56 Å². The molecule has 1 amide bonds. The van der Waals surface area contributed by atoms with Gasteiger partial charge >= 0.3 is 23.9 Å². The van der Waals surface area contributed by atoms with Crippen molar-refractivity contribution in [1.82, 2.24) is 5.32 Å². The van der Waals surface area contributed by atoms with Crippen LogP contribution in [-0.4, -0.2) is 55.9 Å². The largest absolute Gasteiger partial charge is 0.479 e. The molecule has 0 spiro atoms. The fourth-order valence-electron chi connectivity index (χ4n) is 2.69. The maximum Gasteiger partial charge on any atom is 0.378 e. The van der Waals surface area contributed by atoms with Gasteiger partial charge in [0.2, 0.25) is 5.54 Å². The highest BCUT2D eigenvalue weighted by Crippen LogP contribution is 2.18. The highest BCUT2D eigenvalue weighted by atomic mass is 17.1. The van der Waals surface area contributed by atoms with Crippen LogP contribution in [0.4, 0.5) is 0 Å². The first-order valence-electron chi connectivity index (χ1n) is 9.63. The highest BCUT2D eigenvalue weighted by Gasteiger charge is 2.49. The predicted molar refractivity (Wildman–Crippen MR) is 113 cm³/mol. The average Bonchev–Trinajstić information content (AvgIpc) is 2.81. The van der Waals surface area contributed by atoms with Gasteiger partial charge in [-0.05, 0) is 30.7 Å². The zero-order valence-corrected chi connectivity index (χ0v) is 17.6. The molecule has 0 saturated heterocycles. The van der Waals surface area contributed by atoms with Crippen LogP contribution in [-0.2, 0) is 14.5 Å². The molecule has 0 aliphatic heterocycles. The van der Waals surface area contributed by atoms with Crippen molar-refractivity contribution in [3.8, 4) is 0 Å². The Morgan fingerprint density at radius 1 is 0.848 bits per heavy atom. The van der Waals surface area contributed by atoms with E-state index >= 15 is 0 Å². The monoisotopic (exact) mass is 461 g/mol. The Balaban J connectivity index is 0.000000383. The Morgan fingerprint density at radius 2 is 1.33 bits per heavy atom. The fraction of sp³-hybridized carbons (Fsp3) is 0.227. The Hall–Kier alpha value is -4.25. The van der Waals surface area contributed by atoms with Gasteiger partial charge in [0.15, 0.2) is 0 Å². The molecular formula is C22H23NO10. The molecule has 0 aromatic heterocycles. The summed E-state index contributed by atoms with van der Waals surface area (Å²) in [6.07, 6.45) is 0.780. The van der Waals surface area contributed by atoms with Crippen molar-refractivity contribution in [1.29, 1.82) is 0 Å². The number of hydrogen-bond donors (Lipinski definition) is 5. The maximum absolute atomic E-state index is 12.1. The third kappa shape index (κ3) is 7.14. The van der Waals surface area contributed by atoms with E-state index in [0.29, 0.717) is 12.8 Å². The molecule has 0 bridgehead atoms. The zero-order chi connectivity index (χ0) is 25.0. The molecule has 11 nitrogen and oxygen atoms in total. The Bertz CT molecular complexity index is 972. The lowest BCUT2D eigenvalue weighted by atomic mass is 9.92. The number of carboxylic acids is 3. The van der Waals surface area contributed by atoms with Gasteiger partial charge in [-0.1, -0.05) is 50.1 Å². The second-order valence-electron chi connectivity index (χ2n) is 6.67. The lowest BCUT2D eigenvalue weighted by molar-refractivity contribution is -0.242. The molecule has 0 heterocycles. The van der Waals surface area contributed by atoms with Gasteiger partial charge in [-0.2, -0.15) is 5.26 Å². The summed E-state index contributed by atoms with van der Waals surface area (Å²) < 4.78 is 0. The summed E-state index contributed by atoms with van der Waals surface area (Å²) in [5.74, 6) is -6.20. The molecule has 2 aromatic carbocycles. The summed E-state index contributed by atoms with van der Waals surface area (Å²) in [6.45, 7) is 1.80. The number of nitrogens with one attached hydrogen (secondary N) is 1. The molecule has 0 fully saturated rings. The van der Waals surface area contributed by atoms with Crippen LogP contribution < -0.4 is 5.32 Å². The van der Waals surface area contributed by atoms with Gasteiger partial charge in [-0.3, -0.25) is 9.68 Å². The SMILES string of the molecule is CCCCC(NC(=O)c1ccccc1)(C(=O)O)C(=O)OO.O=C(O)c1ccccc1C(=O)O. The van der Waals surface area contributed by atoms with E-state index in [-0.39, 0.29) is 23.1 Å². The first-order chi connectivity index (χ1) is 15.6. The van der Waals surface area contributed by atoms with E-state index < -0.39 is 35.3 Å². The predicted octanol–water partition coefficient (Wildman–Crippen LogP) is 2.53. The minimum absolute atomic E-state index is 0.184. The molecule has 1 atom stereocenters. The molecule has 5 N–H and O–H groups in total. The number of carbonyl (C=O) groups excluding carboxylic acids is 2. The molecule has 0 saturated carbocycles. The van der Waals surface area contributed by atoms with Crippen molar-refractivity contribution in [2.45, 2.75) is 31.7 Å². The van der Waals surface area contributed by atoms with Crippen LogP contribution in [0.2, 0.25) is 0 Å². The van der Waals surface area contributed by atoms with Crippen molar-refractivity contribution < 1.29 is 49.4 Å². The number of aliphatic carboxylic acids is 1. The topological polar surface area (TPSA) is 188 Å². The zero-order valence-electron chi connectivity index (χ0n) is 17.6. The molecule has 2 aromatic rings. The highest BCUT2D eigenvalue weighted by molar-refractivity contribution is 6.09. The van der Waals surface area contributed by atoms with E-state index in [0.717, 1.165) is 0 Å². The number of rotatable bonds is 9. The van der Waals surface area contributed by atoms with E-state index in [1.165, 1.54) is 36.4 Å². The van der Waals surface area contributed by atoms with Crippen LogP contribution in [0.25, 0.3) is 0 Å². The molecule has 176 valence electrons. The summed E-state index contributed by atoms with van der Waals surface area (Å²) in [5, 5.41) is 37.1. The average molecular weight is 461 g/mol. The first kappa shape index (κ1) is 26.8. The fourth-order valence-corrected chi connectivity index (χ4v) is 2.69. The number of unbranched alkanes of at least 4 members (excludes halogenated alkanes) is 1. The van der Waals surface area contributed by atoms with Gasteiger partial charge in [-0.25, -0.2) is 19.2 Å². The number of benzene rings is 2. The summed E-state index contributed by atoms with van der Waals surface area (Å²) in [4.78, 5) is 59.7. The van der Waals surface area contributed by atoms with E-state index in [1.807, 2.05) is 0 Å². The number of aromatic carboxylic acids is 2. The summed E-state index contributed by atoms with van der Waals surface area (Å²) >= 11 is 0. The maximum atomic E-state index is 12.1. The number of hydrogen-bond acceptors (Lipinski definition) is 7. The van der Waals surface area contributed by atoms with E-state index in [2.05, 4.69) is 10.2 Å². The number of amides is 1. The Kier molecular flexibility index (Phi) is 10.2. The van der Waals surface area contributed by atoms with Crippen molar-refractivity contribution in [2.24, 2.45) is 0 Å². The quantitative estimate of drug-likeness (QED) is 0.211. The van der Waals surface area contributed by atoms with Crippen molar-refractivity contribution in [3.05, 3.63) is 71.3 Å².